The van der Waals surface area contributed by atoms with Crippen molar-refractivity contribution in [1.82, 2.24) is 4.90 Å². The lowest BCUT2D eigenvalue weighted by molar-refractivity contribution is 0.0240. The summed E-state index contributed by atoms with van der Waals surface area (Å²) in [4.78, 5) is 16.1. The minimum absolute atomic E-state index is 0.244. The molecule has 0 aromatic heterocycles. The van der Waals surface area contributed by atoms with Crippen molar-refractivity contribution in [3.05, 3.63) is 29.8 Å². The van der Waals surface area contributed by atoms with Crippen LogP contribution in [0.5, 0.6) is 0 Å². The van der Waals surface area contributed by atoms with Gasteiger partial charge in [0, 0.05) is 37.4 Å². The second kappa shape index (κ2) is 7.75. The number of piperazine rings is 1. The van der Waals surface area contributed by atoms with Crippen molar-refractivity contribution < 1.29 is 9.53 Å². The van der Waals surface area contributed by atoms with Gasteiger partial charge in [0.05, 0.1) is 12.5 Å². The molecule has 24 heavy (non-hydrogen) atoms. The fraction of sp³-hybridized carbons (Fsp3) is 0.474. The predicted octanol–water partition coefficient (Wildman–Crippen LogP) is 3.01. The van der Waals surface area contributed by atoms with Gasteiger partial charge in [-0.15, -0.1) is 0 Å². The summed E-state index contributed by atoms with van der Waals surface area (Å²) < 4.78 is 5.41. The van der Waals surface area contributed by atoms with E-state index in [2.05, 4.69) is 16.7 Å². The number of hydrogen-bond acceptors (Lipinski definition) is 4. The van der Waals surface area contributed by atoms with Gasteiger partial charge in [0.2, 0.25) is 0 Å². The molecule has 126 valence electrons. The Morgan fingerprint density at radius 1 is 1.17 bits per heavy atom. The monoisotopic (exact) mass is 325 g/mol. The first-order valence-electron chi connectivity index (χ1n) is 8.08. The van der Waals surface area contributed by atoms with Crippen molar-refractivity contribution in [2.45, 2.75) is 32.8 Å². The lowest BCUT2D eigenvalue weighted by atomic mass is 10.2. The lowest BCUT2D eigenvalue weighted by Crippen LogP contribution is -2.50. The van der Waals surface area contributed by atoms with Gasteiger partial charge in [-0.1, -0.05) is 11.8 Å². The van der Waals surface area contributed by atoms with Crippen molar-refractivity contribution in [2.75, 3.05) is 31.1 Å². The van der Waals surface area contributed by atoms with Crippen LogP contribution in [0.4, 0.5) is 10.5 Å². The molecule has 0 spiro atoms. The van der Waals surface area contributed by atoms with Gasteiger partial charge in [-0.2, -0.15) is 5.26 Å². The molecule has 1 aromatic rings. The SMILES string of the molecule is CC(C)(C)OC(=O)N1CCN(c2ccc(C#CCC#N)cc2)CC1. The summed E-state index contributed by atoms with van der Waals surface area (Å²) >= 11 is 0. The highest BCUT2D eigenvalue weighted by molar-refractivity contribution is 5.68. The molecule has 1 aliphatic rings. The van der Waals surface area contributed by atoms with Crippen molar-refractivity contribution in [1.29, 1.82) is 5.26 Å². The zero-order valence-electron chi connectivity index (χ0n) is 14.5. The Hall–Kier alpha value is -2.66. The third kappa shape index (κ3) is 5.21. The molecule has 1 aliphatic heterocycles. The van der Waals surface area contributed by atoms with Crippen LogP contribution in [0, 0.1) is 23.2 Å². The Morgan fingerprint density at radius 2 is 1.79 bits per heavy atom. The fourth-order valence-electron chi connectivity index (χ4n) is 2.42. The van der Waals surface area contributed by atoms with Crippen LogP contribution >= 0.6 is 0 Å². The van der Waals surface area contributed by atoms with Crippen LogP contribution in [0.1, 0.15) is 32.8 Å². The number of rotatable bonds is 1. The van der Waals surface area contributed by atoms with E-state index in [-0.39, 0.29) is 12.5 Å². The molecular weight excluding hydrogens is 302 g/mol. The number of ether oxygens (including phenoxy) is 1. The predicted molar refractivity (Wildman–Crippen MR) is 93.6 cm³/mol. The molecule has 1 fully saturated rings. The molecule has 0 saturated carbocycles. The molecule has 0 radical (unpaired) electrons. The number of nitriles is 1. The molecule has 0 bridgehead atoms. The Morgan fingerprint density at radius 3 is 2.33 bits per heavy atom. The molecule has 1 heterocycles. The average Bonchev–Trinajstić information content (AvgIpc) is 2.54. The van der Waals surface area contributed by atoms with E-state index in [1.807, 2.05) is 51.1 Å². The molecular formula is C19H23N3O2. The van der Waals surface area contributed by atoms with E-state index in [1.54, 1.807) is 4.90 Å². The number of anilines is 1. The third-order valence-electron chi connectivity index (χ3n) is 3.56. The summed E-state index contributed by atoms with van der Waals surface area (Å²) in [5, 5.41) is 8.49. The topological polar surface area (TPSA) is 56.6 Å². The van der Waals surface area contributed by atoms with E-state index in [0.29, 0.717) is 13.1 Å². The molecule has 0 atom stereocenters. The standard InChI is InChI=1S/C19H23N3O2/c1-19(2,3)24-18(23)22-14-12-21(13-15-22)17-9-7-16(8-10-17)6-4-5-11-20/h7-10H,5,12-15H2,1-3H3. The lowest BCUT2D eigenvalue weighted by Gasteiger charge is -2.36. The molecule has 2 rings (SSSR count). The van der Waals surface area contributed by atoms with Gasteiger partial charge in [-0.3, -0.25) is 0 Å². The van der Waals surface area contributed by atoms with E-state index >= 15 is 0 Å². The minimum Gasteiger partial charge on any atom is -0.444 e. The van der Waals surface area contributed by atoms with Gasteiger partial charge in [0.15, 0.2) is 0 Å². The largest absolute Gasteiger partial charge is 0.444 e. The van der Waals surface area contributed by atoms with E-state index in [0.717, 1.165) is 24.3 Å². The van der Waals surface area contributed by atoms with Crippen molar-refractivity contribution in [3.8, 4) is 17.9 Å². The van der Waals surface area contributed by atoms with Crippen LogP contribution in [0.25, 0.3) is 0 Å². The van der Waals surface area contributed by atoms with Crippen molar-refractivity contribution in [2.24, 2.45) is 0 Å². The molecule has 0 aliphatic carbocycles. The van der Waals surface area contributed by atoms with Gasteiger partial charge in [0.25, 0.3) is 0 Å². The Balaban J connectivity index is 1.90. The van der Waals surface area contributed by atoms with Crippen LogP contribution in [-0.2, 0) is 4.74 Å². The molecule has 1 saturated heterocycles. The third-order valence-corrected chi connectivity index (χ3v) is 3.56. The first-order chi connectivity index (χ1) is 11.4. The number of nitrogens with zero attached hydrogens (tertiary/aromatic N) is 3. The van der Waals surface area contributed by atoms with Crippen LogP contribution < -0.4 is 4.90 Å². The zero-order chi connectivity index (χ0) is 17.6. The summed E-state index contributed by atoms with van der Waals surface area (Å²) in [7, 11) is 0. The summed E-state index contributed by atoms with van der Waals surface area (Å²) in [6.45, 7) is 8.49. The van der Waals surface area contributed by atoms with Gasteiger partial charge < -0.3 is 14.5 Å². The molecule has 0 N–H and O–H groups in total. The number of carbonyl (C=O) groups is 1. The van der Waals surface area contributed by atoms with E-state index < -0.39 is 5.60 Å². The van der Waals surface area contributed by atoms with Crippen LogP contribution in [0.2, 0.25) is 0 Å². The molecule has 1 amide bonds. The van der Waals surface area contributed by atoms with E-state index in [9.17, 15) is 4.79 Å². The van der Waals surface area contributed by atoms with E-state index in [4.69, 9.17) is 10.00 Å². The molecule has 1 aromatic carbocycles. The smallest absolute Gasteiger partial charge is 0.410 e. The zero-order valence-corrected chi connectivity index (χ0v) is 14.5. The fourth-order valence-corrected chi connectivity index (χ4v) is 2.42. The highest BCUT2D eigenvalue weighted by Crippen LogP contribution is 2.18. The maximum atomic E-state index is 12.1. The van der Waals surface area contributed by atoms with Gasteiger partial charge in [-0.05, 0) is 45.0 Å². The number of carbonyl (C=O) groups excluding carboxylic acids is 1. The van der Waals surface area contributed by atoms with Gasteiger partial charge in [0.1, 0.15) is 5.60 Å². The number of benzene rings is 1. The summed E-state index contributed by atoms with van der Waals surface area (Å²) in [5.41, 5.74) is 1.56. The normalized spacial score (nSPS) is 14.4. The first kappa shape index (κ1) is 17.7. The maximum absolute atomic E-state index is 12.1. The van der Waals surface area contributed by atoms with Crippen molar-refractivity contribution >= 4 is 11.8 Å². The quantitative estimate of drug-likeness (QED) is 0.745. The highest BCUT2D eigenvalue weighted by Gasteiger charge is 2.25. The highest BCUT2D eigenvalue weighted by atomic mass is 16.6. The first-order valence-corrected chi connectivity index (χ1v) is 8.08. The second-order valence-corrected chi connectivity index (χ2v) is 6.64. The van der Waals surface area contributed by atoms with E-state index in [1.165, 1.54) is 0 Å². The number of amides is 1. The average molecular weight is 325 g/mol. The summed E-state index contributed by atoms with van der Waals surface area (Å²) in [6, 6.07) is 9.98. The molecule has 5 heteroatoms. The van der Waals surface area contributed by atoms with Crippen LogP contribution in [-0.4, -0.2) is 42.8 Å². The van der Waals surface area contributed by atoms with Gasteiger partial charge in [-0.25, -0.2) is 4.79 Å². The van der Waals surface area contributed by atoms with Crippen molar-refractivity contribution in [3.63, 3.8) is 0 Å². The van der Waals surface area contributed by atoms with Crippen LogP contribution in [0.15, 0.2) is 24.3 Å². The Kier molecular flexibility index (Phi) is 5.71. The van der Waals surface area contributed by atoms with Crippen LogP contribution in [0.3, 0.4) is 0 Å². The minimum atomic E-state index is -0.462. The molecule has 0 unspecified atom stereocenters. The van der Waals surface area contributed by atoms with Gasteiger partial charge >= 0.3 is 6.09 Å². The molecule has 5 nitrogen and oxygen atoms in total. The summed E-state index contributed by atoms with van der Waals surface area (Å²) in [6.07, 6.45) is -0.000704. The maximum Gasteiger partial charge on any atom is 0.410 e. The second-order valence-electron chi connectivity index (χ2n) is 6.64. The number of hydrogen-bond donors (Lipinski definition) is 0. The Bertz CT molecular complexity index is 664. The summed E-state index contributed by atoms with van der Waals surface area (Å²) in [5.74, 6) is 5.76. The Labute approximate surface area is 143 Å².